The Morgan fingerprint density at radius 1 is 1.32 bits per heavy atom. The van der Waals surface area contributed by atoms with Crippen LogP contribution in [0.2, 0.25) is 0 Å². The summed E-state index contributed by atoms with van der Waals surface area (Å²) in [5.74, 6) is -4.03. The Kier molecular flexibility index (Phi) is 8.96. The summed E-state index contributed by atoms with van der Waals surface area (Å²) in [7, 11) is 2.68. The number of aryl methyl sites for hydroxylation is 1. The van der Waals surface area contributed by atoms with E-state index in [-0.39, 0.29) is 44.8 Å². The quantitative estimate of drug-likeness (QED) is 0.0848. The number of aliphatic carboxylic acids is 1. The van der Waals surface area contributed by atoms with Crippen LogP contribution in [-0.4, -0.2) is 100 Å². The van der Waals surface area contributed by atoms with Gasteiger partial charge in [-0.2, -0.15) is 4.98 Å². The zero-order chi connectivity index (χ0) is 29.1. The van der Waals surface area contributed by atoms with E-state index in [9.17, 15) is 34.2 Å². The lowest BCUT2D eigenvalue weighted by Gasteiger charge is -2.49. The van der Waals surface area contributed by atoms with Crippen LogP contribution < -0.4 is 16.2 Å². The van der Waals surface area contributed by atoms with E-state index < -0.39 is 46.5 Å². The highest BCUT2D eigenvalue weighted by Crippen LogP contribution is 2.41. The molecule has 0 radical (unpaired) electrons. The third kappa shape index (κ3) is 5.91. The number of nitrogens with zero attached hydrogens (tertiary/aromatic N) is 6. The monoisotopic (exact) mass is 630 g/mol. The van der Waals surface area contributed by atoms with Crippen LogP contribution in [0, 0.1) is 0 Å². The number of fused-ring (bicyclic) bond motifs is 1. The average Bonchev–Trinajstić information content (AvgIpc) is 3.38. The molecule has 20 heteroatoms. The lowest BCUT2D eigenvalue weighted by Crippen LogP contribution is -2.71. The van der Waals surface area contributed by atoms with E-state index in [1.54, 1.807) is 0 Å². The number of aromatic nitrogens is 4. The Balaban J connectivity index is 1.48. The van der Waals surface area contributed by atoms with Gasteiger partial charge in [-0.15, -0.1) is 39.8 Å². The molecule has 2 aliphatic rings. The molecular weight excluding hydrogens is 612 g/mol. The van der Waals surface area contributed by atoms with Crippen LogP contribution in [0.1, 0.15) is 5.69 Å². The van der Waals surface area contributed by atoms with Crippen molar-refractivity contribution in [3.05, 3.63) is 32.7 Å². The van der Waals surface area contributed by atoms with E-state index in [1.807, 2.05) is 0 Å². The van der Waals surface area contributed by atoms with E-state index in [0.29, 0.717) is 5.57 Å². The molecule has 4 rings (SSSR count). The molecular formula is C20H19ClN8O8S3. The van der Waals surface area contributed by atoms with Gasteiger partial charge in [-0.25, -0.2) is 14.5 Å². The van der Waals surface area contributed by atoms with Gasteiger partial charge < -0.3 is 25.7 Å². The van der Waals surface area contributed by atoms with Crippen LogP contribution in [0.3, 0.4) is 0 Å². The van der Waals surface area contributed by atoms with Gasteiger partial charge in [0, 0.05) is 23.9 Å². The van der Waals surface area contributed by atoms with Crippen molar-refractivity contribution in [3.63, 3.8) is 0 Å². The molecule has 2 atom stereocenters. The highest BCUT2D eigenvalue weighted by atomic mass is 35.5. The molecule has 16 nitrogen and oxygen atoms in total. The molecule has 0 aliphatic carbocycles. The number of thioether (sulfide) groups is 2. The van der Waals surface area contributed by atoms with Gasteiger partial charge in [-0.3, -0.25) is 24.1 Å². The predicted octanol–water partition coefficient (Wildman–Crippen LogP) is -0.604. The summed E-state index contributed by atoms with van der Waals surface area (Å²) in [5.41, 5.74) is -0.939. The topological polar surface area (TPSA) is 218 Å². The van der Waals surface area contributed by atoms with Crippen molar-refractivity contribution < 1.29 is 34.2 Å². The molecule has 1 fully saturated rings. The molecule has 4 heterocycles. The maximum atomic E-state index is 13.0. The van der Waals surface area contributed by atoms with E-state index in [1.165, 1.54) is 36.0 Å². The van der Waals surface area contributed by atoms with E-state index >= 15 is 0 Å². The fourth-order valence-corrected chi connectivity index (χ4v) is 6.78. The fourth-order valence-electron chi connectivity index (χ4n) is 3.61. The maximum Gasteiger partial charge on any atom is 0.352 e. The van der Waals surface area contributed by atoms with Gasteiger partial charge in [0.05, 0.1) is 0 Å². The van der Waals surface area contributed by atoms with Gasteiger partial charge in [0.1, 0.15) is 35.8 Å². The molecule has 2 aromatic heterocycles. The smallest absolute Gasteiger partial charge is 0.352 e. The van der Waals surface area contributed by atoms with Crippen LogP contribution in [0.5, 0.6) is 5.88 Å². The molecule has 2 aliphatic heterocycles. The molecule has 40 heavy (non-hydrogen) atoms. The summed E-state index contributed by atoms with van der Waals surface area (Å²) in [5, 5.41) is 32.7. The molecule has 0 bridgehead atoms. The molecule has 0 spiro atoms. The highest BCUT2D eigenvalue weighted by Gasteiger charge is 2.54. The number of rotatable bonds is 10. The van der Waals surface area contributed by atoms with Crippen LogP contribution in [0.4, 0.5) is 5.13 Å². The number of carbonyl (C=O) groups excluding carboxylic acids is 3. The number of halogens is 1. The molecule has 0 aromatic carbocycles. The number of carbonyl (C=O) groups is 4. The third-order valence-corrected chi connectivity index (χ3v) is 8.78. The standard InChI is InChI=1S/C20H19ClN8O8S3/c1-28-20(25-14(32)15(33)26-28)40-5-7-4-38-17-11(16(34)29(17)12(7)18(35)36)24-13(31)10(27-37-2)8-6-39-19(22-8)23-9(30)3-21/h6,11,17H,3-5H2,1-2H3,(H,24,31)(H,26,33)(H,35,36)(H,22,23,30)/t11-,17-/m1/s1. The van der Waals surface area contributed by atoms with Gasteiger partial charge in [-0.1, -0.05) is 16.9 Å². The molecule has 212 valence electrons. The number of anilines is 1. The van der Waals surface area contributed by atoms with Gasteiger partial charge in [0.15, 0.2) is 16.0 Å². The Bertz CT molecular complexity index is 1510. The molecule has 3 amide bonds. The van der Waals surface area contributed by atoms with E-state index in [4.69, 9.17) is 16.4 Å². The second-order valence-electron chi connectivity index (χ2n) is 7.90. The van der Waals surface area contributed by atoms with Crippen LogP contribution in [0.25, 0.3) is 0 Å². The number of nitrogens with one attached hydrogen (secondary N) is 2. The van der Waals surface area contributed by atoms with Crippen molar-refractivity contribution in [2.75, 3.05) is 29.8 Å². The second-order valence-corrected chi connectivity index (χ2v) is 11.1. The Hall–Kier alpha value is -3.68. The number of carboxylic acids is 1. The third-order valence-electron chi connectivity index (χ3n) is 5.33. The van der Waals surface area contributed by atoms with Crippen molar-refractivity contribution in [3.8, 4) is 5.88 Å². The number of β-lactam (4-membered cyclic amide) rings is 1. The number of hydrogen-bond donors (Lipinski definition) is 4. The summed E-state index contributed by atoms with van der Waals surface area (Å²) < 4.78 is 1.18. The van der Waals surface area contributed by atoms with Gasteiger partial charge in [0.2, 0.25) is 5.91 Å². The molecule has 4 N–H and O–H groups in total. The Morgan fingerprint density at radius 2 is 2.08 bits per heavy atom. The summed E-state index contributed by atoms with van der Waals surface area (Å²) in [6.45, 7) is 0. The minimum Gasteiger partial charge on any atom is -0.488 e. The maximum absolute atomic E-state index is 13.0. The van der Waals surface area contributed by atoms with Crippen LogP contribution in [-0.2, 0) is 31.1 Å². The summed E-state index contributed by atoms with van der Waals surface area (Å²) in [6, 6.07) is -1.05. The van der Waals surface area contributed by atoms with E-state index in [2.05, 4.69) is 30.9 Å². The number of oxime groups is 1. The minimum absolute atomic E-state index is 0.0753. The number of amides is 3. The van der Waals surface area contributed by atoms with Gasteiger partial charge in [-0.05, 0) is 5.57 Å². The Morgan fingerprint density at radius 3 is 2.75 bits per heavy atom. The summed E-state index contributed by atoms with van der Waals surface area (Å²) >= 11 is 8.76. The largest absolute Gasteiger partial charge is 0.488 e. The van der Waals surface area contributed by atoms with Crippen molar-refractivity contribution in [2.24, 2.45) is 12.2 Å². The first-order valence-corrected chi connectivity index (χ1v) is 14.4. The number of aromatic hydroxyl groups is 1. The first kappa shape index (κ1) is 29.3. The molecule has 0 saturated carbocycles. The normalized spacial score (nSPS) is 18.6. The minimum atomic E-state index is -1.33. The number of hydrogen-bond acceptors (Lipinski definition) is 14. The van der Waals surface area contributed by atoms with Gasteiger partial charge in [0.25, 0.3) is 17.7 Å². The molecule has 2 aromatic rings. The van der Waals surface area contributed by atoms with Crippen molar-refractivity contribution in [1.82, 2.24) is 30.0 Å². The summed E-state index contributed by atoms with van der Waals surface area (Å²) in [6.07, 6.45) is 0. The zero-order valence-electron chi connectivity index (χ0n) is 20.5. The van der Waals surface area contributed by atoms with Crippen molar-refractivity contribution in [1.29, 1.82) is 0 Å². The SMILES string of the molecule is CON=C(C(=O)N[C@@H]1C(=O)N2C(C(=O)O)=C(CSc3nc(=O)c(O)nn3C)CS[C@H]12)c1csc(NC(=O)CCl)n1. The lowest BCUT2D eigenvalue weighted by atomic mass is 10.0. The first-order chi connectivity index (χ1) is 19.0. The zero-order valence-corrected chi connectivity index (χ0v) is 23.7. The van der Waals surface area contributed by atoms with E-state index in [0.717, 1.165) is 28.0 Å². The number of thiazole rings is 1. The van der Waals surface area contributed by atoms with Crippen LogP contribution in [0.15, 0.2) is 31.8 Å². The fraction of sp³-hybridized carbons (Fsp3) is 0.350. The number of carboxylic acid groups (broad SMARTS) is 1. The molecule has 0 unspecified atom stereocenters. The molecule has 1 saturated heterocycles. The highest BCUT2D eigenvalue weighted by molar-refractivity contribution is 8.01. The van der Waals surface area contributed by atoms with Crippen molar-refractivity contribution >= 4 is 81.0 Å². The lowest BCUT2D eigenvalue weighted by molar-refractivity contribution is -0.150. The van der Waals surface area contributed by atoms with Gasteiger partial charge >= 0.3 is 11.5 Å². The average molecular weight is 631 g/mol. The second kappa shape index (κ2) is 12.2. The van der Waals surface area contributed by atoms with Crippen LogP contribution >= 0.6 is 46.5 Å². The Labute approximate surface area is 241 Å². The summed E-state index contributed by atoms with van der Waals surface area (Å²) in [4.78, 5) is 75.0. The first-order valence-electron chi connectivity index (χ1n) is 11.0. The van der Waals surface area contributed by atoms with Crippen molar-refractivity contribution in [2.45, 2.75) is 16.6 Å². The predicted molar refractivity (Wildman–Crippen MR) is 144 cm³/mol. The number of alkyl halides is 1.